The Kier molecular flexibility index (Phi) is 3.72. The molecule has 2 heterocycles. The average molecular weight is 216 g/mol. The highest BCUT2D eigenvalue weighted by Gasteiger charge is 2.00. The number of hydrogen-bond donors (Lipinski definition) is 1. The van der Waals surface area contributed by atoms with E-state index in [1.807, 2.05) is 30.5 Å². The van der Waals surface area contributed by atoms with E-state index in [1.165, 1.54) is 5.56 Å². The lowest BCUT2D eigenvalue weighted by Crippen LogP contribution is -2.17. The maximum atomic E-state index is 5.34. The monoisotopic (exact) mass is 216 g/mol. The third kappa shape index (κ3) is 2.94. The normalized spacial score (nSPS) is 10.6. The molecule has 0 saturated carbocycles. The summed E-state index contributed by atoms with van der Waals surface area (Å²) in [4.78, 5) is 4.27. The Bertz CT molecular complexity index is 423. The summed E-state index contributed by atoms with van der Waals surface area (Å²) in [5.74, 6) is 1.01. The third-order valence-corrected chi connectivity index (χ3v) is 2.54. The Hall–Kier alpha value is -1.61. The number of pyridine rings is 1. The van der Waals surface area contributed by atoms with Gasteiger partial charge in [0.05, 0.1) is 12.8 Å². The molecule has 84 valence electrons. The van der Waals surface area contributed by atoms with E-state index in [0.717, 1.165) is 31.0 Å². The van der Waals surface area contributed by atoms with Crippen molar-refractivity contribution in [3.8, 4) is 0 Å². The summed E-state index contributed by atoms with van der Waals surface area (Å²) in [5, 5.41) is 3.34. The van der Waals surface area contributed by atoms with Gasteiger partial charge in [-0.15, -0.1) is 0 Å². The first-order chi connectivity index (χ1) is 7.86. The van der Waals surface area contributed by atoms with E-state index in [0.29, 0.717) is 0 Å². The van der Waals surface area contributed by atoms with Crippen LogP contribution < -0.4 is 5.32 Å². The molecule has 0 bridgehead atoms. The summed E-state index contributed by atoms with van der Waals surface area (Å²) >= 11 is 0. The van der Waals surface area contributed by atoms with Gasteiger partial charge in [0.2, 0.25) is 0 Å². The molecule has 0 spiro atoms. The van der Waals surface area contributed by atoms with Crippen LogP contribution in [0.15, 0.2) is 41.1 Å². The van der Waals surface area contributed by atoms with E-state index in [4.69, 9.17) is 4.42 Å². The van der Waals surface area contributed by atoms with Crippen LogP contribution in [-0.2, 0) is 13.0 Å². The Morgan fingerprint density at radius 1 is 1.31 bits per heavy atom. The highest BCUT2D eigenvalue weighted by atomic mass is 16.3. The first-order valence-electron chi connectivity index (χ1n) is 5.50. The summed E-state index contributed by atoms with van der Waals surface area (Å²) in [5.41, 5.74) is 2.32. The molecule has 0 aromatic carbocycles. The van der Waals surface area contributed by atoms with Gasteiger partial charge in [0.1, 0.15) is 5.76 Å². The minimum absolute atomic E-state index is 0.783. The highest BCUT2D eigenvalue weighted by molar-refractivity contribution is 5.14. The zero-order chi connectivity index (χ0) is 11.2. The fourth-order valence-electron chi connectivity index (χ4n) is 1.55. The van der Waals surface area contributed by atoms with Crippen molar-refractivity contribution in [3.05, 3.63) is 53.7 Å². The number of aromatic nitrogens is 1. The van der Waals surface area contributed by atoms with Crippen molar-refractivity contribution in [2.24, 2.45) is 0 Å². The molecule has 3 heteroatoms. The summed E-state index contributed by atoms with van der Waals surface area (Å²) in [6.07, 6.45) is 4.50. The van der Waals surface area contributed by atoms with Crippen molar-refractivity contribution in [2.75, 3.05) is 6.54 Å². The molecule has 0 fully saturated rings. The number of hydrogen-bond acceptors (Lipinski definition) is 3. The number of aryl methyl sites for hydroxylation is 1. The predicted molar refractivity (Wildman–Crippen MR) is 63.1 cm³/mol. The van der Waals surface area contributed by atoms with Gasteiger partial charge in [-0.25, -0.2) is 0 Å². The SMILES string of the molecule is Cc1ccoc1CNCCc1ccccn1. The standard InChI is InChI=1S/C13H16N2O/c1-11-6-9-16-13(11)10-14-8-5-12-4-2-3-7-15-12/h2-4,6-7,9,14H,5,8,10H2,1H3. The molecular formula is C13H16N2O. The molecular weight excluding hydrogens is 200 g/mol. The molecule has 2 aromatic rings. The smallest absolute Gasteiger partial charge is 0.120 e. The van der Waals surface area contributed by atoms with Crippen LogP contribution in [0.4, 0.5) is 0 Å². The largest absolute Gasteiger partial charge is 0.468 e. The zero-order valence-electron chi connectivity index (χ0n) is 9.44. The van der Waals surface area contributed by atoms with E-state index in [1.54, 1.807) is 6.26 Å². The highest BCUT2D eigenvalue weighted by Crippen LogP contribution is 2.07. The molecule has 16 heavy (non-hydrogen) atoms. The molecule has 2 rings (SSSR count). The van der Waals surface area contributed by atoms with Gasteiger partial charge in [-0.1, -0.05) is 6.07 Å². The quantitative estimate of drug-likeness (QED) is 0.779. The molecule has 3 nitrogen and oxygen atoms in total. The van der Waals surface area contributed by atoms with Gasteiger partial charge in [-0.3, -0.25) is 4.98 Å². The minimum atomic E-state index is 0.783. The van der Waals surface area contributed by atoms with Crippen molar-refractivity contribution >= 4 is 0 Å². The predicted octanol–water partition coefficient (Wildman–Crippen LogP) is 2.32. The molecule has 0 aliphatic heterocycles. The summed E-state index contributed by atoms with van der Waals surface area (Å²) < 4.78 is 5.34. The van der Waals surface area contributed by atoms with Crippen LogP contribution in [-0.4, -0.2) is 11.5 Å². The first kappa shape index (κ1) is 10.9. The summed E-state index contributed by atoms with van der Waals surface area (Å²) in [6, 6.07) is 7.97. The molecule has 0 radical (unpaired) electrons. The minimum Gasteiger partial charge on any atom is -0.468 e. The molecule has 1 N–H and O–H groups in total. The maximum absolute atomic E-state index is 5.34. The Morgan fingerprint density at radius 2 is 2.25 bits per heavy atom. The van der Waals surface area contributed by atoms with E-state index >= 15 is 0 Å². The lowest BCUT2D eigenvalue weighted by molar-refractivity contribution is 0.481. The van der Waals surface area contributed by atoms with Crippen LogP contribution in [0, 0.1) is 6.92 Å². The topological polar surface area (TPSA) is 38.1 Å². The van der Waals surface area contributed by atoms with Gasteiger partial charge < -0.3 is 9.73 Å². The average Bonchev–Trinajstić information content (AvgIpc) is 2.72. The molecule has 0 amide bonds. The van der Waals surface area contributed by atoms with Gasteiger partial charge in [0, 0.05) is 24.9 Å². The zero-order valence-corrected chi connectivity index (χ0v) is 9.44. The van der Waals surface area contributed by atoms with E-state index in [2.05, 4.69) is 17.2 Å². The van der Waals surface area contributed by atoms with Crippen LogP contribution in [0.5, 0.6) is 0 Å². The second-order valence-electron chi connectivity index (χ2n) is 3.77. The van der Waals surface area contributed by atoms with E-state index < -0.39 is 0 Å². The Labute approximate surface area is 95.5 Å². The van der Waals surface area contributed by atoms with Gasteiger partial charge >= 0.3 is 0 Å². The van der Waals surface area contributed by atoms with Crippen LogP contribution in [0.1, 0.15) is 17.0 Å². The fraction of sp³-hybridized carbons (Fsp3) is 0.308. The van der Waals surface area contributed by atoms with Crippen molar-refractivity contribution in [1.82, 2.24) is 10.3 Å². The number of nitrogens with one attached hydrogen (secondary N) is 1. The van der Waals surface area contributed by atoms with Crippen LogP contribution >= 0.6 is 0 Å². The van der Waals surface area contributed by atoms with E-state index in [9.17, 15) is 0 Å². The van der Waals surface area contributed by atoms with Crippen LogP contribution in [0.25, 0.3) is 0 Å². The maximum Gasteiger partial charge on any atom is 0.120 e. The summed E-state index contributed by atoms with van der Waals surface area (Å²) in [6.45, 7) is 3.75. The van der Waals surface area contributed by atoms with Crippen molar-refractivity contribution in [2.45, 2.75) is 19.9 Å². The molecule has 0 aliphatic carbocycles. The fourth-order valence-corrected chi connectivity index (χ4v) is 1.55. The number of furan rings is 1. The second kappa shape index (κ2) is 5.47. The van der Waals surface area contributed by atoms with Crippen LogP contribution in [0.2, 0.25) is 0 Å². The van der Waals surface area contributed by atoms with Crippen molar-refractivity contribution in [1.29, 1.82) is 0 Å². The molecule has 0 unspecified atom stereocenters. The van der Waals surface area contributed by atoms with Gasteiger partial charge in [0.15, 0.2) is 0 Å². The Morgan fingerprint density at radius 3 is 2.94 bits per heavy atom. The first-order valence-corrected chi connectivity index (χ1v) is 5.50. The van der Waals surface area contributed by atoms with Gasteiger partial charge in [-0.2, -0.15) is 0 Å². The van der Waals surface area contributed by atoms with Crippen molar-refractivity contribution < 1.29 is 4.42 Å². The van der Waals surface area contributed by atoms with Gasteiger partial charge in [-0.05, 0) is 30.7 Å². The van der Waals surface area contributed by atoms with E-state index in [-0.39, 0.29) is 0 Å². The van der Waals surface area contributed by atoms with Crippen LogP contribution in [0.3, 0.4) is 0 Å². The molecule has 0 atom stereocenters. The van der Waals surface area contributed by atoms with Gasteiger partial charge in [0.25, 0.3) is 0 Å². The molecule has 0 saturated heterocycles. The lowest BCUT2D eigenvalue weighted by atomic mass is 10.2. The molecule has 2 aromatic heterocycles. The number of rotatable bonds is 5. The van der Waals surface area contributed by atoms with Crippen molar-refractivity contribution in [3.63, 3.8) is 0 Å². The number of nitrogens with zero attached hydrogens (tertiary/aromatic N) is 1. The molecule has 0 aliphatic rings. The summed E-state index contributed by atoms with van der Waals surface area (Å²) in [7, 11) is 0. The third-order valence-electron chi connectivity index (χ3n) is 2.54. The Balaban J connectivity index is 1.72. The second-order valence-corrected chi connectivity index (χ2v) is 3.77. The lowest BCUT2D eigenvalue weighted by Gasteiger charge is -2.03.